The number of ether oxygens (including phenoxy) is 1. The van der Waals surface area contributed by atoms with Crippen molar-refractivity contribution < 1.29 is 14.3 Å². The van der Waals surface area contributed by atoms with Crippen LogP contribution in [0, 0.1) is 6.92 Å². The van der Waals surface area contributed by atoms with Crippen LogP contribution in [0.2, 0.25) is 0 Å². The van der Waals surface area contributed by atoms with Crippen molar-refractivity contribution in [2.45, 2.75) is 46.8 Å². The number of fused-ring (bicyclic) bond motifs is 1. The molecule has 0 saturated carbocycles. The summed E-state index contributed by atoms with van der Waals surface area (Å²) in [5, 5.41) is 8.64. The molecule has 0 aliphatic heterocycles. The first-order chi connectivity index (χ1) is 15.6. The zero-order valence-electron chi connectivity index (χ0n) is 19.3. The van der Waals surface area contributed by atoms with Crippen LogP contribution in [0.5, 0.6) is 0 Å². The van der Waals surface area contributed by atoms with Gasteiger partial charge in [-0.25, -0.2) is 9.97 Å². The third kappa shape index (κ3) is 4.79. The van der Waals surface area contributed by atoms with Gasteiger partial charge in [0, 0.05) is 46.2 Å². The summed E-state index contributed by atoms with van der Waals surface area (Å²) >= 11 is 0. The van der Waals surface area contributed by atoms with Crippen LogP contribution in [0.25, 0.3) is 33.2 Å². The Bertz CT molecular complexity index is 1340. The minimum atomic E-state index is -0.601. The maximum Gasteiger partial charge on any atom is 0.326 e. The van der Waals surface area contributed by atoms with Gasteiger partial charge >= 0.3 is 5.97 Å². The summed E-state index contributed by atoms with van der Waals surface area (Å²) in [5.74, 6) is 0.199. The second kappa shape index (κ2) is 8.54. The second-order valence-corrected chi connectivity index (χ2v) is 8.88. The van der Waals surface area contributed by atoms with Gasteiger partial charge in [-0.3, -0.25) is 9.59 Å². The summed E-state index contributed by atoms with van der Waals surface area (Å²) < 4.78 is 7.26. The number of aromatic nitrogens is 5. The van der Waals surface area contributed by atoms with E-state index in [1.807, 2.05) is 45.9 Å². The highest BCUT2D eigenvalue weighted by Crippen LogP contribution is 2.37. The number of benzene rings is 1. The highest BCUT2D eigenvalue weighted by Gasteiger charge is 2.21. The Balaban J connectivity index is 1.95. The Labute approximate surface area is 191 Å². The fraction of sp³-hybridized carbons (Fsp3) is 0.280. The third-order valence-corrected chi connectivity index (χ3v) is 5.11. The Kier molecular flexibility index (Phi) is 5.76. The molecular formula is C25H25N5O3. The van der Waals surface area contributed by atoms with Crippen LogP contribution in [0.1, 0.15) is 43.9 Å². The van der Waals surface area contributed by atoms with Crippen LogP contribution in [0.15, 0.2) is 49.2 Å². The Morgan fingerprint density at radius 1 is 1.00 bits per heavy atom. The monoisotopic (exact) mass is 443 g/mol. The van der Waals surface area contributed by atoms with Gasteiger partial charge in [0.1, 0.15) is 18.0 Å². The summed E-state index contributed by atoms with van der Waals surface area (Å²) in [6.07, 6.45) is 8.52. The fourth-order valence-corrected chi connectivity index (χ4v) is 3.72. The molecule has 4 rings (SSSR count). The van der Waals surface area contributed by atoms with Gasteiger partial charge in [0.2, 0.25) is 0 Å². The molecule has 0 atom stereocenters. The van der Waals surface area contributed by atoms with E-state index in [1.165, 1.54) is 6.92 Å². The van der Waals surface area contributed by atoms with Gasteiger partial charge in [-0.05, 0) is 63.9 Å². The lowest BCUT2D eigenvalue weighted by atomic mass is 9.94. The summed E-state index contributed by atoms with van der Waals surface area (Å²) in [5.41, 5.74) is 4.05. The minimum absolute atomic E-state index is 0.0118. The standard InChI is InChI=1S/C25H25N5O3/c1-15(31)22-13-30(14-24(32)33-25(3,4)5)23-9-20(17-6-7-28-29-12-17)19(8-21(22)23)18-10-26-16(2)27-11-18/h6-13H,14H2,1-5H3. The molecule has 168 valence electrons. The molecular weight excluding hydrogens is 418 g/mol. The number of hydrogen-bond donors (Lipinski definition) is 0. The highest BCUT2D eigenvalue weighted by atomic mass is 16.6. The van der Waals surface area contributed by atoms with Crippen molar-refractivity contribution in [3.05, 3.63) is 60.6 Å². The number of nitrogens with zero attached hydrogens (tertiary/aromatic N) is 5. The molecule has 8 nitrogen and oxygen atoms in total. The van der Waals surface area contributed by atoms with Crippen LogP contribution in [-0.4, -0.2) is 42.1 Å². The first-order valence-corrected chi connectivity index (χ1v) is 10.6. The molecule has 0 saturated heterocycles. The van der Waals surface area contributed by atoms with Crippen molar-refractivity contribution in [3.8, 4) is 22.3 Å². The first kappa shape index (κ1) is 22.3. The number of Topliss-reactive ketones (excluding diaryl/α,β-unsaturated/α-hetero) is 1. The molecule has 0 unspecified atom stereocenters. The summed E-state index contributed by atoms with van der Waals surface area (Å²) in [7, 11) is 0. The zero-order valence-corrected chi connectivity index (χ0v) is 19.3. The molecule has 0 aliphatic rings. The lowest BCUT2D eigenvalue weighted by Crippen LogP contribution is -2.26. The smallest absolute Gasteiger partial charge is 0.326 e. The molecule has 4 aromatic rings. The van der Waals surface area contributed by atoms with Crippen LogP contribution in [0.3, 0.4) is 0 Å². The molecule has 0 N–H and O–H groups in total. The maximum absolute atomic E-state index is 12.6. The quantitative estimate of drug-likeness (QED) is 0.333. The largest absolute Gasteiger partial charge is 0.459 e. The van der Waals surface area contributed by atoms with E-state index in [9.17, 15) is 9.59 Å². The van der Waals surface area contributed by atoms with E-state index in [-0.39, 0.29) is 18.3 Å². The molecule has 0 fully saturated rings. The number of aryl methyl sites for hydroxylation is 1. The van der Waals surface area contributed by atoms with Gasteiger partial charge < -0.3 is 9.30 Å². The van der Waals surface area contributed by atoms with Crippen molar-refractivity contribution in [2.75, 3.05) is 0 Å². The predicted molar refractivity (Wildman–Crippen MR) is 125 cm³/mol. The minimum Gasteiger partial charge on any atom is -0.459 e. The number of esters is 1. The number of hydrogen-bond acceptors (Lipinski definition) is 7. The summed E-state index contributed by atoms with van der Waals surface area (Å²) in [4.78, 5) is 33.7. The van der Waals surface area contributed by atoms with Gasteiger partial charge in [-0.1, -0.05) is 0 Å². The third-order valence-electron chi connectivity index (χ3n) is 5.11. The molecule has 3 aromatic heterocycles. The Morgan fingerprint density at radius 3 is 2.30 bits per heavy atom. The first-order valence-electron chi connectivity index (χ1n) is 10.6. The molecule has 0 amide bonds. The topological polar surface area (TPSA) is 99.9 Å². The summed E-state index contributed by atoms with van der Waals surface area (Å²) in [6.45, 7) is 8.80. The van der Waals surface area contributed by atoms with E-state index < -0.39 is 5.60 Å². The van der Waals surface area contributed by atoms with Crippen molar-refractivity contribution in [2.24, 2.45) is 0 Å². The van der Waals surface area contributed by atoms with E-state index in [0.29, 0.717) is 11.4 Å². The second-order valence-electron chi connectivity index (χ2n) is 8.88. The van der Waals surface area contributed by atoms with E-state index in [4.69, 9.17) is 4.74 Å². The molecule has 33 heavy (non-hydrogen) atoms. The van der Waals surface area contributed by atoms with Crippen LogP contribution >= 0.6 is 0 Å². The molecule has 3 heterocycles. The molecule has 0 bridgehead atoms. The van der Waals surface area contributed by atoms with Gasteiger partial charge in [0.05, 0.1) is 12.4 Å². The van der Waals surface area contributed by atoms with Crippen molar-refractivity contribution in [1.82, 2.24) is 24.7 Å². The van der Waals surface area contributed by atoms with E-state index in [2.05, 4.69) is 20.2 Å². The van der Waals surface area contributed by atoms with Gasteiger partial charge in [0.15, 0.2) is 5.78 Å². The lowest BCUT2D eigenvalue weighted by molar-refractivity contribution is -0.155. The fourth-order valence-electron chi connectivity index (χ4n) is 3.72. The van der Waals surface area contributed by atoms with Crippen molar-refractivity contribution in [3.63, 3.8) is 0 Å². The van der Waals surface area contributed by atoms with Crippen LogP contribution in [0.4, 0.5) is 0 Å². The molecule has 0 aliphatic carbocycles. The predicted octanol–water partition coefficient (Wildman–Crippen LogP) is 4.41. The number of carbonyl (C=O) groups is 2. The lowest BCUT2D eigenvalue weighted by Gasteiger charge is -2.20. The van der Waals surface area contributed by atoms with Gasteiger partial charge in [-0.2, -0.15) is 10.2 Å². The molecule has 1 aromatic carbocycles. The van der Waals surface area contributed by atoms with Crippen molar-refractivity contribution in [1.29, 1.82) is 0 Å². The number of ketones is 1. The number of rotatable bonds is 5. The SMILES string of the molecule is CC(=O)c1cn(CC(=O)OC(C)(C)C)c2cc(-c3ccnnc3)c(-c3cnc(C)nc3)cc12. The average Bonchev–Trinajstić information content (AvgIpc) is 3.10. The molecule has 8 heteroatoms. The highest BCUT2D eigenvalue weighted by molar-refractivity contribution is 6.09. The van der Waals surface area contributed by atoms with Crippen molar-refractivity contribution >= 4 is 22.7 Å². The van der Waals surface area contributed by atoms with Crippen LogP contribution < -0.4 is 0 Å². The van der Waals surface area contributed by atoms with E-state index in [1.54, 1.807) is 35.6 Å². The van der Waals surface area contributed by atoms with E-state index in [0.717, 1.165) is 33.2 Å². The van der Waals surface area contributed by atoms with E-state index >= 15 is 0 Å². The Hall–Kier alpha value is -3.94. The number of carbonyl (C=O) groups excluding carboxylic acids is 2. The van der Waals surface area contributed by atoms with Gasteiger partial charge in [0.25, 0.3) is 0 Å². The molecule has 0 spiro atoms. The van der Waals surface area contributed by atoms with Gasteiger partial charge in [-0.15, -0.1) is 0 Å². The van der Waals surface area contributed by atoms with Crippen LogP contribution in [-0.2, 0) is 16.1 Å². The normalized spacial score (nSPS) is 11.5. The average molecular weight is 444 g/mol. The summed E-state index contributed by atoms with van der Waals surface area (Å²) in [6, 6.07) is 5.76. The maximum atomic E-state index is 12.6. The Morgan fingerprint density at radius 2 is 1.70 bits per heavy atom. The molecule has 0 radical (unpaired) electrons. The zero-order chi connectivity index (χ0) is 23.8.